The summed E-state index contributed by atoms with van der Waals surface area (Å²) in [4.78, 5) is 30.4. The van der Waals surface area contributed by atoms with Crippen LogP contribution in [0.5, 0.6) is 0 Å². The molecule has 1 aliphatic heterocycles. The Balaban J connectivity index is 1.83. The lowest BCUT2D eigenvalue weighted by molar-refractivity contribution is -0.148. The van der Waals surface area contributed by atoms with Crippen molar-refractivity contribution < 1.29 is 19.2 Å². The maximum absolute atomic E-state index is 12.6. The molecule has 1 saturated carbocycles. The molecule has 1 aromatic rings. The number of amides is 1. The summed E-state index contributed by atoms with van der Waals surface area (Å²) in [5.41, 5.74) is 1.46. The molecule has 1 N–H and O–H groups in total. The lowest BCUT2D eigenvalue weighted by Crippen LogP contribution is -2.46. The SMILES string of the molecule is CCOC(=O)[C@H]1C[C@H]2ON=C(CC)[C@H]2[C@@H]1NC(=O)c1ccccc1. The summed E-state index contributed by atoms with van der Waals surface area (Å²) in [6, 6.07) is 8.63. The van der Waals surface area contributed by atoms with Gasteiger partial charge in [0.25, 0.3) is 5.91 Å². The molecule has 1 aliphatic carbocycles. The fourth-order valence-corrected chi connectivity index (χ4v) is 3.56. The normalized spacial score (nSPS) is 27.8. The summed E-state index contributed by atoms with van der Waals surface area (Å²) in [6.07, 6.45) is 1.07. The number of hydrogen-bond acceptors (Lipinski definition) is 5. The first-order valence-electron chi connectivity index (χ1n) is 8.40. The molecule has 24 heavy (non-hydrogen) atoms. The van der Waals surface area contributed by atoms with Gasteiger partial charge in [-0.1, -0.05) is 30.3 Å². The molecule has 6 heteroatoms. The second kappa shape index (κ2) is 7.03. The van der Waals surface area contributed by atoms with Crippen molar-refractivity contribution in [2.45, 2.75) is 38.8 Å². The molecule has 0 aromatic heterocycles. The summed E-state index contributed by atoms with van der Waals surface area (Å²) >= 11 is 0. The second-order valence-electron chi connectivity index (χ2n) is 6.07. The number of fused-ring (bicyclic) bond motifs is 1. The van der Waals surface area contributed by atoms with Crippen LogP contribution in [0.3, 0.4) is 0 Å². The smallest absolute Gasteiger partial charge is 0.311 e. The van der Waals surface area contributed by atoms with Gasteiger partial charge in [-0.2, -0.15) is 0 Å². The number of carbonyl (C=O) groups excluding carboxylic acids is 2. The monoisotopic (exact) mass is 330 g/mol. The van der Waals surface area contributed by atoms with E-state index in [1.165, 1.54) is 0 Å². The van der Waals surface area contributed by atoms with Crippen LogP contribution < -0.4 is 5.32 Å². The average Bonchev–Trinajstić information content (AvgIpc) is 3.16. The number of esters is 1. The molecule has 0 bridgehead atoms. The molecular weight excluding hydrogens is 308 g/mol. The predicted octanol–water partition coefficient (Wildman–Crippen LogP) is 2.15. The number of hydrogen-bond donors (Lipinski definition) is 1. The van der Waals surface area contributed by atoms with Gasteiger partial charge in [-0.3, -0.25) is 9.59 Å². The molecule has 3 rings (SSSR count). The zero-order valence-electron chi connectivity index (χ0n) is 13.9. The molecule has 0 radical (unpaired) electrons. The van der Waals surface area contributed by atoms with Crippen molar-refractivity contribution in [3.8, 4) is 0 Å². The van der Waals surface area contributed by atoms with Crippen molar-refractivity contribution in [1.82, 2.24) is 5.32 Å². The van der Waals surface area contributed by atoms with E-state index in [4.69, 9.17) is 9.57 Å². The van der Waals surface area contributed by atoms with Crippen LogP contribution in [0.1, 0.15) is 37.0 Å². The average molecular weight is 330 g/mol. The van der Waals surface area contributed by atoms with E-state index < -0.39 is 5.92 Å². The number of ether oxygens (including phenoxy) is 1. The van der Waals surface area contributed by atoms with Crippen LogP contribution in [0.4, 0.5) is 0 Å². The van der Waals surface area contributed by atoms with Crippen LogP contribution in [0.2, 0.25) is 0 Å². The predicted molar refractivity (Wildman–Crippen MR) is 88.5 cm³/mol. The molecule has 6 nitrogen and oxygen atoms in total. The summed E-state index contributed by atoms with van der Waals surface area (Å²) < 4.78 is 5.19. The van der Waals surface area contributed by atoms with Crippen molar-refractivity contribution in [2.75, 3.05) is 6.61 Å². The summed E-state index contributed by atoms with van der Waals surface area (Å²) in [6.45, 7) is 4.10. The Bertz CT molecular complexity index is 644. The largest absolute Gasteiger partial charge is 0.466 e. The van der Waals surface area contributed by atoms with E-state index in [9.17, 15) is 9.59 Å². The molecule has 1 aromatic carbocycles. The van der Waals surface area contributed by atoms with Gasteiger partial charge in [0.15, 0.2) is 0 Å². The fraction of sp³-hybridized carbons (Fsp3) is 0.500. The molecule has 0 spiro atoms. The highest BCUT2D eigenvalue weighted by molar-refractivity contribution is 5.96. The lowest BCUT2D eigenvalue weighted by Gasteiger charge is -2.24. The number of benzene rings is 1. The third-order valence-electron chi connectivity index (χ3n) is 4.68. The minimum Gasteiger partial charge on any atom is -0.466 e. The highest BCUT2D eigenvalue weighted by atomic mass is 16.6. The number of rotatable bonds is 5. The van der Waals surface area contributed by atoms with Crippen molar-refractivity contribution in [3.05, 3.63) is 35.9 Å². The van der Waals surface area contributed by atoms with Gasteiger partial charge in [0, 0.05) is 12.0 Å². The number of oxime groups is 1. The van der Waals surface area contributed by atoms with E-state index in [-0.39, 0.29) is 29.9 Å². The second-order valence-corrected chi connectivity index (χ2v) is 6.07. The maximum Gasteiger partial charge on any atom is 0.311 e. The van der Waals surface area contributed by atoms with Gasteiger partial charge in [0.2, 0.25) is 0 Å². The molecule has 128 valence electrons. The Kier molecular flexibility index (Phi) is 4.83. The Morgan fingerprint density at radius 1 is 1.29 bits per heavy atom. The van der Waals surface area contributed by atoms with E-state index in [1.54, 1.807) is 19.1 Å². The molecule has 0 unspecified atom stereocenters. The molecule has 0 saturated heterocycles. The van der Waals surface area contributed by atoms with E-state index in [2.05, 4.69) is 10.5 Å². The maximum atomic E-state index is 12.6. The van der Waals surface area contributed by atoms with Crippen LogP contribution >= 0.6 is 0 Å². The first-order valence-corrected chi connectivity index (χ1v) is 8.40. The molecular formula is C18H22N2O4. The van der Waals surface area contributed by atoms with Crippen LogP contribution in [0.25, 0.3) is 0 Å². The Morgan fingerprint density at radius 2 is 2.04 bits per heavy atom. The van der Waals surface area contributed by atoms with Crippen molar-refractivity contribution in [2.24, 2.45) is 17.0 Å². The van der Waals surface area contributed by atoms with E-state index in [0.29, 0.717) is 18.6 Å². The minimum atomic E-state index is -0.412. The van der Waals surface area contributed by atoms with E-state index in [1.807, 2.05) is 25.1 Å². The zero-order valence-corrected chi connectivity index (χ0v) is 13.9. The summed E-state index contributed by atoms with van der Waals surface area (Å²) in [5, 5.41) is 7.14. The van der Waals surface area contributed by atoms with E-state index in [0.717, 1.165) is 12.1 Å². The molecule has 1 fully saturated rings. The molecule has 2 aliphatic rings. The van der Waals surface area contributed by atoms with Crippen LogP contribution in [0, 0.1) is 11.8 Å². The summed E-state index contributed by atoms with van der Waals surface area (Å²) in [5.74, 6) is -0.969. The van der Waals surface area contributed by atoms with Gasteiger partial charge < -0.3 is 14.9 Å². The van der Waals surface area contributed by atoms with Gasteiger partial charge in [-0.05, 0) is 25.5 Å². The van der Waals surface area contributed by atoms with Gasteiger partial charge in [0.1, 0.15) is 6.10 Å². The van der Waals surface area contributed by atoms with Gasteiger partial charge in [0.05, 0.1) is 30.2 Å². The van der Waals surface area contributed by atoms with Crippen LogP contribution in [-0.4, -0.2) is 36.3 Å². The zero-order chi connectivity index (χ0) is 17.1. The van der Waals surface area contributed by atoms with Crippen molar-refractivity contribution >= 4 is 17.6 Å². The fourth-order valence-electron chi connectivity index (χ4n) is 3.56. The third-order valence-corrected chi connectivity index (χ3v) is 4.68. The number of nitrogens with zero attached hydrogens (tertiary/aromatic N) is 1. The van der Waals surface area contributed by atoms with Gasteiger partial charge in [-0.25, -0.2) is 0 Å². The van der Waals surface area contributed by atoms with Gasteiger partial charge >= 0.3 is 5.97 Å². The third kappa shape index (κ3) is 3.00. The van der Waals surface area contributed by atoms with Gasteiger partial charge in [-0.15, -0.1) is 0 Å². The molecule has 1 heterocycles. The highest BCUT2D eigenvalue weighted by Crippen LogP contribution is 2.40. The highest BCUT2D eigenvalue weighted by Gasteiger charge is 2.53. The standard InChI is InChI=1S/C18H22N2O4/c1-3-13-15-14(24-20-13)10-12(18(22)23-4-2)16(15)19-17(21)11-8-6-5-7-9-11/h5-9,12,14-16H,3-4,10H2,1-2H3,(H,19,21)/t12-,14+,15+,16+/m0/s1. The number of nitrogens with one attached hydrogen (secondary N) is 1. The molecule has 4 atom stereocenters. The minimum absolute atomic E-state index is 0.0722. The Labute approximate surface area is 141 Å². The van der Waals surface area contributed by atoms with Crippen molar-refractivity contribution in [1.29, 1.82) is 0 Å². The number of carbonyl (C=O) groups is 2. The van der Waals surface area contributed by atoms with Crippen LogP contribution in [0.15, 0.2) is 35.5 Å². The Hall–Kier alpha value is -2.37. The van der Waals surface area contributed by atoms with Crippen molar-refractivity contribution in [3.63, 3.8) is 0 Å². The topological polar surface area (TPSA) is 77.0 Å². The van der Waals surface area contributed by atoms with E-state index >= 15 is 0 Å². The lowest BCUT2D eigenvalue weighted by atomic mass is 9.91. The first kappa shape index (κ1) is 16.5. The summed E-state index contributed by atoms with van der Waals surface area (Å²) in [7, 11) is 0. The molecule has 1 amide bonds. The Morgan fingerprint density at radius 3 is 2.71 bits per heavy atom. The first-order chi connectivity index (χ1) is 11.7. The quantitative estimate of drug-likeness (QED) is 0.839. The van der Waals surface area contributed by atoms with Crippen LogP contribution in [-0.2, 0) is 14.4 Å².